The van der Waals surface area contributed by atoms with Gasteiger partial charge in [-0.05, 0) is 43.0 Å². The SMILES string of the molecule is COCCCc1ccc(-c2c(C#N)c(N)nc(SCc3csc(Nc4ccc(C)cc4)n3)c2C#N)cc1. The first-order chi connectivity index (χ1) is 18.0. The van der Waals surface area contributed by atoms with Gasteiger partial charge >= 0.3 is 0 Å². The van der Waals surface area contributed by atoms with Gasteiger partial charge < -0.3 is 15.8 Å². The van der Waals surface area contributed by atoms with Gasteiger partial charge in [0.1, 0.15) is 28.5 Å². The zero-order valence-corrected chi connectivity index (χ0v) is 22.2. The van der Waals surface area contributed by atoms with E-state index in [0.717, 1.165) is 40.5 Å². The molecule has 2 heterocycles. The fourth-order valence-electron chi connectivity index (χ4n) is 3.78. The maximum atomic E-state index is 10.1. The Balaban J connectivity index is 1.55. The van der Waals surface area contributed by atoms with Gasteiger partial charge in [-0.1, -0.05) is 53.7 Å². The van der Waals surface area contributed by atoms with E-state index in [1.807, 2.05) is 60.8 Å². The maximum Gasteiger partial charge on any atom is 0.187 e. The fourth-order valence-corrected chi connectivity index (χ4v) is 5.51. The standard InChI is InChI=1S/C28H26N6OS2/c1-18-5-11-21(12-6-18)32-28-33-22(17-37-28)16-36-27-24(15-30)25(23(14-29)26(31)34-27)20-9-7-19(8-10-20)4-3-13-35-2/h5-12,17H,3-4,13,16H2,1-2H3,(H2,31,34)(H,32,33). The van der Waals surface area contributed by atoms with Crippen LogP contribution in [0.15, 0.2) is 58.9 Å². The molecular formula is C28H26N6OS2. The summed E-state index contributed by atoms with van der Waals surface area (Å²) < 4.78 is 5.13. The first kappa shape index (κ1) is 26.2. The number of ether oxygens (including phenoxy) is 1. The number of nitrogens with zero attached hydrogens (tertiary/aromatic N) is 4. The number of methoxy groups -OCH3 is 1. The third kappa shape index (κ3) is 6.46. The van der Waals surface area contributed by atoms with E-state index in [9.17, 15) is 10.5 Å². The van der Waals surface area contributed by atoms with Gasteiger partial charge in [-0.15, -0.1) is 11.3 Å². The number of anilines is 3. The molecule has 7 nitrogen and oxygen atoms in total. The van der Waals surface area contributed by atoms with Crippen molar-refractivity contribution >= 4 is 39.7 Å². The van der Waals surface area contributed by atoms with Crippen molar-refractivity contribution in [3.8, 4) is 23.3 Å². The molecule has 37 heavy (non-hydrogen) atoms. The number of nitriles is 2. The number of hydrogen-bond donors (Lipinski definition) is 2. The molecule has 9 heteroatoms. The van der Waals surface area contributed by atoms with Crippen LogP contribution < -0.4 is 11.1 Å². The van der Waals surface area contributed by atoms with E-state index in [4.69, 9.17) is 10.5 Å². The van der Waals surface area contributed by atoms with Crippen LogP contribution in [0.5, 0.6) is 0 Å². The molecule has 0 aliphatic rings. The van der Waals surface area contributed by atoms with E-state index >= 15 is 0 Å². The highest BCUT2D eigenvalue weighted by Gasteiger charge is 2.21. The molecule has 0 unspecified atom stereocenters. The normalized spacial score (nSPS) is 10.6. The summed E-state index contributed by atoms with van der Waals surface area (Å²) in [5.74, 6) is 0.625. The smallest absolute Gasteiger partial charge is 0.187 e. The summed E-state index contributed by atoms with van der Waals surface area (Å²) in [6.07, 6.45) is 1.81. The summed E-state index contributed by atoms with van der Waals surface area (Å²) in [7, 11) is 1.69. The van der Waals surface area contributed by atoms with Crippen molar-refractivity contribution in [1.29, 1.82) is 10.5 Å². The molecule has 0 bridgehead atoms. The van der Waals surface area contributed by atoms with Gasteiger partial charge in [0.2, 0.25) is 0 Å². The van der Waals surface area contributed by atoms with E-state index in [2.05, 4.69) is 27.4 Å². The Morgan fingerprint density at radius 1 is 1.03 bits per heavy atom. The van der Waals surface area contributed by atoms with E-state index in [0.29, 0.717) is 28.5 Å². The van der Waals surface area contributed by atoms with Crippen LogP contribution in [0.1, 0.15) is 34.4 Å². The van der Waals surface area contributed by atoms with Gasteiger partial charge in [-0.2, -0.15) is 10.5 Å². The molecule has 3 N–H and O–H groups in total. The van der Waals surface area contributed by atoms with E-state index in [1.165, 1.54) is 28.7 Å². The average molecular weight is 527 g/mol. The third-order valence-electron chi connectivity index (χ3n) is 5.68. The number of pyridine rings is 1. The van der Waals surface area contributed by atoms with Crippen molar-refractivity contribution in [3.63, 3.8) is 0 Å². The number of nitrogens with one attached hydrogen (secondary N) is 1. The van der Waals surface area contributed by atoms with Gasteiger partial charge in [-0.3, -0.25) is 0 Å². The molecule has 4 rings (SSSR count). The molecule has 0 radical (unpaired) electrons. The Labute approximate surface area is 225 Å². The van der Waals surface area contributed by atoms with Crippen LogP contribution in [-0.2, 0) is 16.9 Å². The van der Waals surface area contributed by atoms with Crippen LogP contribution in [0.25, 0.3) is 11.1 Å². The third-order valence-corrected chi connectivity index (χ3v) is 7.50. The minimum Gasteiger partial charge on any atom is -0.385 e. The van der Waals surface area contributed by atoms with Crippen molar-refractivity contribution in [2.24, 2.45) is 0 Å². The second kappa shape index (κ2) is 12.4. The van der Waals surface area contributed by atoms with Crippen molar-refractivity contribution in [2.45, 2.75) is 30.5 Å². The van der Waals surface area contributed by atoms with Crippen LogP contribution in [-0.4, -0.2) is 23.7 Å². The zero-order chi connectivity index (χ0) is 26.2. The second-order valence-electron chi connectivity index (χ2n) is 8.37. The topological polar surface area (TPSA) is 121 Å². The predicted molar refractivity (Wildman–Crippen MR) is 150 cm³/mol. The quantitative estimate of drug-likeness (QED) is 0.178. The molecule has 0 saturated carbocycles. The molecule has 186 valence electrons. The highest BCUT2D eigenvalue weighted by atomic mass is 32.2. The van der Waals surface area contributed by atoms with Crippen LogP contribution in [0.4, 0.5) is 16.6 Å². The van der Waals surface area contributed by atoms with Crippen molar-refractivity contribution in [1.82, 2.24) is 9.97 Å². The highest BCUT2D eigenvalue weighted by molar-refractivity contribution is 7.98. The first-order valence-corrected chi connectivity index (χ1v) is 13.5. The number of hydrogen-bond acceptors (Lipinski definition) is 9. The molecule has 0 atom stereocenters. The Morgan fingerprint density at radius 3 is 2.43 bits per heavy atom. The second-order valence-corrected chi connectivity index (χ2v) is 10.2. The van der Waals surface area contributed by atoms with Crippen LogP contribution in [0.3, 0.4) is 0 Å². The Morgan fingerprint density at radius 2 is 1.76 bits per heavy atom. The summed E-state index contributed by atoms with van der Waals surface area (Å²) in [5.41, 5.74) is 12.2. The summed E-state index contributed by atoms with van der Waals surface area (Å²) in [4.78, 5) is 9.07. The summed E-state index contributed by atoms with van der Waals surface area (Å²) in [6.45, 7) is 2.75. The lowest BCUT2D eigenvalue weighted by molar-refractivity contribution is 0.195. The molecule has 0 saturated heterocycles. The number of thioether (sulfide) groups is 1. The number of rotatable bonds is 10. The lowest BCUT2D eigenvalue weighted by Gasteiger charge is -2.13. The van der Waals surface area contributed by atoms with Gasteiger partial charge in [0, 0.05) is 36.1 Å². The largest absolute Gasteiger partial charge is 0.385 e. The van der Waals surface area contributed by atoms with Crippen molar-refractivity contribution in [3.05, 3.63) is 81.9 Å². The Bertz CT molecular complexity index is 1450. The molecule has 0 amide bonds. The fraction of sp³-hybridized carbons (Fsp3) is 0.214. The van der Waals surface area contributed by atoms with Crippen LogP contribution in [0, 0.1) is 29.6 Å². The lowest BCUT2D eigenvalue weighted by Crippen LogP contribution is -2.03. The molecular weight excluding hydrogens is 500 g/mol. The molecule has 2 aromatic carbocycles. The first-order valence-electron chi connectivity index (χ1n) is 11.6. The van der Waals surface area contributed by atoms with E-state index in [-0.39, 0.29) is 11.4 Å². The zero-order valence-electron chi connectivity index (χ0n) is 20.6. The van der Waals surface area contributed by atoms with Crippen molar-refractivity contribution in [2.75, 3.05) is 24.8 Å². The van der Waals surface area contributed by atoms with Gasteiger partial charge in [0.05, 0.1) is 11.3 Å². The van der Waals surface area contributed by atoms with Crippen LogP contribution >= 0.6 is 23.1 Å². The molecule has 0 spiro atoms. The molecule has 4 aromatic rings. The summed E-state index contributed by atoms with van der Waals surface area (Å²) in [6, 6.07) is 20.4. The Hall–Kier alpha value is -3.89. The number of benzene rings is 2. The minimum atomic E-state index is 0.114. The van der Waals surface area contributed by atoms with E-state index in [1.54, 1.807) is 7.11 Å². The van der Waals surface area contributed by atoms with Gasteiger partial charge in [-0.25, -0.2) is 9.97 Å². The highest BCUT2D eigenvalue weighted by Crippen LogP contribution is 2.37. The van der Waals surface area contributed by atoms with Gasteiger partial charge in [0.15, 0.2) is 5.13 Å². The molecule has 0 fully saturated rings. The molecule has 0 aliphatic heterocycles. The predicted octanol–water partition coefficient (Wildman–Crippen LogP) is 6.45. The molecule has 2 aromatic heterocycles. The minimum absolute atomic E-state index is 0.114. The number of aryl methyl sites for hydroxylation is 2. The molecule has 0 aliphatic carbocycles. The Kier molecular flexibility index (Phi) is 8.76. The number of thiazole rings is 1. The average Bonchev–Trinajstić information content (AvgIpc) is 3.36. The monoisotopic (exact) mass is 526 g/mol. The number of nitrogens with two attached hydrogens (primary N) is 1. The summed E-state index contributed by atoms with van der Waals surface area (Å²) in [5, 5.41) is 26.4. The number of nitrogen functional groups attached to an aromatic ring is 1. The van der Waals surface area contributed by atoms with Crippen molar-refractivity contribution < 1.29 is 4.74 Å². The maximum absolute atomic E-state index is 10.1. The van der Waals surface area contributed by atoms with E-state index < -0.39 is 0 Å². The number of aromatic nitrogens is 2. The van der Waals surface area contributed by atoms with Crippen LogP contribution in [0.2, 0.25) is 0 Å². The summed E-state index contributed by atoms with van der Waals surface area (Å²) >= 11 is 2.90. The lowest BCUT2D eigenvalue weighted by atomic mass is 9.95. The van der Waals surface area contributed by atoms with Gasteiger partial charge in [0.25, 0.3) is 0 Å².